The maximum Gasteiger partial charge on any atom is 0.123 e. The molecule has 3 heteroatoms. The average molecular weight is 284 g/mol. The third-order valence-electron chi connectivity index (χ3n) is 4.23. The normalized spacial score (nSPS) is 16.2. The summed E-state index contributed by atoms with van der Waals surface area (Å²) in [5, 5.41) is 0. The minimum Gasteiger partial charge on any atom is -0.363 e. The van der Waals surface area contributed by atoms with Crippen LogP contribution in [0.2, 0.25) is 0 Å². The van der Waals surface area contributed by atoms with Crippen molar-refractivity contribution in [1.29, 1.82) is 0 Å². The fourth-order valence-corrected chi connectivity index (χ4v) is 3.20. The summed E-state index contributed by atoms with van der Waals surface area (Å²) in [5.41, 5.74) is 9.59. The summed E-state index contributed by atoms with van der Waals surface area (Å²) in [7, 11) is 0. The van der Waals surface area contributed by atoms with Crippen molar-refractivity contribution in [1.82, 2.24) is 0 Å². The number of nitrogens with two attached hydrogens (primary N) is 1. The summed E-state index contributed by atoms with van der Waals surface area (Å²) in [4.78, 5) is 2.34. The zero-order chi connectivity index (χ0) is 14.7. The molecule has 2 aromatic carbocycles. The van der Waals surface area contributed by atoms with E-state index in [1.54, 1.807) is 12.1 Å². The molecule has 0 amide bonds. The number of benzene rings is 2. The smallest absolute Gasteiger partial charge is 0.123 e. The molecule has 2 N–H and O–H groups in total. The fraction of sp³-hybridized carbons (Fsp3) is 0.333. The van der Waals surface area contributed by atoms with Gasteiger partial charge in [0.1, 0.15) is 5.82 Å². The Morgan fingerprint density at radius 3 is 2.76 bits per heavy atom. The molecule has 1 heterocycles. The molecule has 2 aromatic rings. The third-order valence-corrected chi connectivity index (χ3v) is 4.23. The molecule has 1 aliphatic heterocycles. The van der Waals surface area contributed by atoms with Crippen molar-refractivity contribution >= 4 is 5.69 Å². The Bertz CT molecular complexity index is 612. The van der Waals surface area contributed by atoms with Crippen molar-refractivity contribution in [2.45, 2.75) is 25.3 Å². The molecular weight excluding hydrogens is 263 g/mol. The number of nitrogens with zero attached hydrogens (tertiary/aromatic N) is 1. The van der Waals surface area contributed by atoms with Crippen LogP contribution in [0.3, 0.4) is 0 Å². The Kier molecular flexibility index (Phi) is 4.20. The summed E-state index contributed by atoms with van der Waals surface area (Å²) in [6.07, 6.45) is 3.43. The number of anilines is 1. The van der Waals surface area contributed by atoms with Crippen LogP contribution in [0.25, 0.3) is 0 Å². The Labute approximate surface area is 125 Å². The zero-order valence-electron chi connectivity index (χ0n) is 12.1. The molecule has 0 radical (unpaired) electrons. The topological polar surface area (TPSA) is 29.3 Å². The first kappa shape index (κ1) is 14.1. The summed E-state index contributed by atoms with van der Waals surface area (Å²) < 4.78 is 13.5. The molecule has 0 spiro atoms. The number of hydrogen-bond acceptors (Lipinski definition) is 2. The predicted octanol–water partition coefficient (Wildman–Crippen LogP) is 3.67. The van der Waals surface area contributed by atoms with Gasteiger partial charge in [-0.3, -0.25) is 0 Å². The van der Waals surface area contributed by atoms with E-state index in [1.807, 2.05) is 6.07 Å². The number of fused-ring (bicyclic) bond motifs is 1. The van der Waals surface area contributed by atoms with Crippen LogP contribution >= 0.6 is 0 Å². The van der Waals surface area contributed by atoms with Crippen molar-refractivity contribution < 1.29 is 4.39 Å². The fourth-order valence-electron chi connectivity index (χ4n) is 3.20. The highest BCUT2D eigenvalue weighted by Gasteiger charge is 2.23. The van der Waals surface area contributed by atoms with Gasteiger partial charge in [0.25, 0.3) is 0 Å². The third kappa shape index (κ3) is 2.93. The summed E-state index contributed by atoms with van der Waals surface area (Å²) in [6.45, 7) is 1.45. The molecule has 0 aromatic heterocycles. The van der Waals surface area contributed by atoms with Crippen LogP contribution in [0.4, 0.5) is 10.1 Å². The van der Waals surface area contributed by atoms with Crippen LogP contribution in [-0.4, -0.2) is 13.1 Å². The van der Waals surface area contributed by atoms with E-state index in [4.69, 9.17) is 5.73 Å². The van der Waals surface area contributed by atoms with Gasteiger partial charge >= 0.3 is 0 Å². The Morgan fingerprint density at radius 1 is 1.10 bits per heavy atom. The second-order valence-electron chi connectivity index (χ2n) is 5.59. The molecular formula is C18H21FN2. The lowest BCUT2D eigenvalue weighted by Crippen LogP contribution is -2.34. The number of hydrogen-bond donors (Lipinski definition) is 1. The van der Waals surface area contributed by atoms with Crippen LogP contribution in [0.1, 0.15) is 30.0 Å². The Morgan fingerprint density at radius 2 is 1.95 bits per heavy atom. The van der Waals surface area contributed by atoms with Gasteiger partial charge in [-0.2, -0.15) is 0 Å². The number of halogens is 1. The maximum absolute atomic E-state index is 13.5. The molecule has 0 aliphatic carbocycles. The molecule has 0 saturated carbocycles. The molecule has 2 nitrogen and oxygen atoms in total. The summed E-state index contributed by atoms with van der Waals surface area (Å²) in [6, 6.07) is 15.3. The van der Waals surface area contributed by atoms with Gasteiger partial charge < -0.3 is 10.6 Å². The van der Waals surface area contributed by atoms with Crippen LogP contribution in [0, 0.1) is 5.82 Å². The van der Waals surface area contributed by atoms with Crippen molar-refractivity contribution in [3.63, 3.8) is 0 Å². The molecule has 110 valence electrons. The second kappa shape index (κ2) is 6.27. The van der Waals surface area contributed by atoms with Crippen molar-refractivity contribution in [2.75, 3.05) is 18.0 Å². The quantitative estimate of drug-likeness (QED) is 0.932. The molecule has 1 unspecified atom stereocenters. The van der Waals surface area contributed by atoms with Gasteiger partial charge in [-0.05, 0) is 48.6 Å². The van der Waals surface area contributed by atoms with Gasteiger partial charge in [-0.1, -0.05) is 30.3 Å². The molecule has 1 aliphatic rings. The van der Waals surface area contributed by atoms with Crippen LogP contribution in [0.5, 0.6) is 0 Å². The van der Waals surface area contributed by atoms with E-state index in [1.165, 1.54) is 23.7 Å². The van der Waals surface area contributed by atoms with E-state index >= 15 is 0 Å². The molecule has 0 saturated heterocycles. The highest BCUT2D eigenvalue weighted by Crippen LogP contribution is 2.33. The van der Waals surface area contributed by atoms with E-state index in [2.05, 4.69) is 29.2 Å². The van der Waals surface area contributed by atoms with Crippen LogP contribution < -0.4 is 10.6 Å². The van der Waals surface area contributed by atoms with Gasteiger partial charge in [0.05, 0.1) is 6.04 Å². The predicted molar refractivity (Wildman–Crippen MR) is 84.9 cm³/mol. The molecule has 21 heavy (non-hydrogen) atoms. The van der Waals surface area contributed by atoms with Gasteiger partial charge in [0, 0.05) is 18.8 Å². The van der Waals surface area contributed by atoms with Gasteiger partial charge in [-0.15, -0.1) is 0 Å². The lowest BCUT2D eigenvalue weighted by atomic mass is 10.0. The highest BCUT2D eigenvalue weighted by atomic mass is 19.1. The van der Waals surface area contributed by atoms with Crippen molar-refractivity contribution in [3.8, 4) is 0 Å². The highest BCUT2D eigenvalue weighted by molar-refractivity contribution is 5.56. The van der Waals surface area contributed by atoms with Crippen LogP contribution in [-0.2, 0) is 6.42 Å². The SMILES string of the molecule is NCC(c1cccc(F)c1)N1CCCCc2ccccc21. The Balaban J connectivity index is 2.00. The molecule has 1 atom stereocenters. The van der Waals surface area contributed by atoms with Crippen molar-refractivity contribution in [3.05, 3.63) is 65.5 Å². The second-order valence-corrected chi connectivity index (χ2v) is 5.59. The Hall–Kier alpha value is -1.87. The summed E-state index contributed by atoms with van der Waals surface area (Å²) in [5.74, 6) is -0.200. The lowest BCUT2D eigenvalue weighted by molar-refractivity contribution is 0.594. The monoisotopic (exact) mass is 284 g/mol. The first-order chi connectivity index (χ1) is 10.3. The largest absolute Gasteiger partial charge is 0.363 e. The standard InChI is InChI=1S/C18H21FN2/c19-16-9-5-8-15(12-16)18(13-20)21-11-4-3-7-14-6-1-2-10-17(14)21/h1-2,5-6,8-10,12,18H,3-4,7,11,13,20H2. The first-order valence-corrected chi connectivity index (χ1v) is 7.59. The number of aryl methyl sites for hydroxylation is 1. The number of rotatable bonds is 3. The van der Waals surface area contributed by atoms with E-state index in [9.17, 15) is 4.39 Å². The van der Waals surface area contributed by atoms with E-state index in [0.717, 1.165) is 24.9 Å². The zero-order valence-corrected chi connectivity index (χ0v) is 12.1. The van der Waals surface area contributed by atoms with Crippen LogP contribution in [0.15, 0.2) is 48.5 Å². The molecule has 3 rings (SSSR count). The van der Waals surface area contributed by atoms with E-state index in [0.29, 0.717) is 6.54 Å². The minimum atomic E-state index is -0.200. The molecule has 0 bridgehead atoms. The summed E-state index contributed by atoms with van der Waals surface area (Å²) >= 11 is 0. The average Bonchev–Trinajstić information content (AvgIpc) is 2.71. The van der Waals surface area contributed by atoms with Gasteiger partial charge in [0.15, 0.2) is 0 Å². The number of para-hydroxylation sites is 1. The lowest BCUT2D eigenvalue weighted by Gasteiger charge is -2.33. The van der Waals surface area contributed by atoms with Crippen molar-refractivity contribution in [2.24, 2.45) is 5.73 Å². The minimum absolute atomic E-state index is 0.0277. The maximum atomic E-state index is 13.5. The first-order valence-electron chi connectivity index (χ1n) is 7.59. The van der Waals surface area contributed by atoms with Gasteiger partial charge in [0.2, 0.25) is 0 Å². The van der Waals surface area contributed by atoms with E-state index in [-0.39, 0.29) is 11.9 Å². The molecule has 0 fully saturated rings. The van der Waals surface area contributed by atoms with E-state index < -0.39 is 0 Å². The van der Waals surface area contributed by atoms with Gasteiger partial charge in [-0.25, -0.2) is 4.39 Å².